The maximum Gasteiger partial charge on any atom is 0.344 e. The number of alkyl halides is 1. The second-order valence-electron chi connectivity index (χ2n) is 4.09. The molecule has 1 rings (SSSR count). The number of carbonyl (C=O) groups is 2. The lowest BCUT2D eigenvalue weighted by Crippen LogP contribution is -2.32. The molecule has 0 aromatic heterocycles. The first-order valence-corrected chi connectivity index (χ1v) is 4.95. The van der Waals surface area contributed by atoms with E-state index in [2.05, 4.69) is 4.74 Å². The van der Waals surface area contributed by atoms with Gasteiger partial charge in [-0.15, -0.1) is 0 Å². The summed E-state index contributed by atoms with van der Waals surface area (Å²) in [5.41, 5.74) is -2.07. The third-order valence-corrected chi connectivity index (χ3v) is 2.16. The maximum absolute atomic E-state index is 12.9. The Morgan fingerprint density at radius 3 is 2.40 bits per heavy atom. The van der Waals surface area contributed by atoms with Crippen LogP contribution in [-0.2, 0) is 19.1 Å². The van der Waals surface area contributed by atoms with Crippen LogP contribution in [0.4, 0.5) is 4.39 Å². The van der Waals surface area contributed by atoms with Crippen LogP contribution in [0.5, 0.6) is 0 Å². The van der Waals surface area contributed by atoms with Crippen molar-refractivity contribution in [1.29, 1.82) is 0 Å². The largest absolute Gasteiger partial charge is 0.460 e. The summed E-state index contributed by atoms with van der Waals surface area (Å²) in [4.78, 5) is 22.0. The number of carbonyl (C=O) groups excluding carboxylic acids is 2. The van der Waals surface area contributed by atoms with Crippen molar-refractivity contribution in [3.63, 3.8) is 0 Å². The molecule has 0 saturated heterocycles. The summed E-state index contributed by atoms with van der Waals surface area (Å²) in [6.45, 7) is 1.64. The van der Waals surface area contributed by atoms with Gasteiger partial charge in [0.05, 0.1) is 0 Å². The molecule has 0 aromatic rings. The van der Waals surface area contributed by atoms with Crippen molar-refractivity contribution < 1.29 is 23.5 Å². The summed E-state index contributed by atoms with van der Waals surface area (Å²) >= 11 is 0. The van der Waals surface area contributed by atoms with Gasteiger partial charge < -0.3 is 9.47 Å². The van der Waals surface area contributed by atoms with Gasteiger partial charge in [-0.1, -0.05) is 0 Å². The van der Waals surface area contributed by atoms with E-state index in [1.807, 2.05) is 0 Å². The molecule has 0 spiro atoms. The van der Waals surface area contributed by atoms with Gasteiger partial charge in [-0.3, -0.25) is 0 Å². The summed E-state index contributed by atoms with van der Waals surface area (Å²) in [5.74, 6) is -1.66. The third-order valence-electron chi connectivity index (χ3n) is 2.16. The Morgan fingerprint density at radius 2 is 2.00 bits per heavy atom. The average molecular weight is 218 g/mol. The highest BCUT2D eigenvalue weighted by Gasteiger charge is 2.30. The molecule has 0 heterocycles. The zero-order chi connectivity index (χ0) is 11.5. The second-order valence-corrected chi connectivity index (χ2v) is 4.09. The van der Waals surface area contributed by atoms with E-state index >= 15 is 0 Å². The fourth-order valence-corrected chi connectivity index (χ4v) is 1.00. The second kappa shape index (κ2) is 4.59. The maximum atomic E-state index is 12.9. The molecule has 0 atom stereocenters. The Balaban J connectivity index is 2.18. The van der Waals surface area contributed by atoms with Crippen molar-refractivity contribution in [3.05, 3.63) is 0 Å². The monoisotopic (exact) mass is 218 g/mol. The Labute approximate surface area is 87.7 Å². The van der Waals surface area contributed by atoms with Gasteiger partial charge in [0.25, 0.3) is 0 Å². The van der Waals surface area contributed by atoms with Gasteiger partial charge in [-0.2, -0.15) is 0 Å². The molecule has 0 aliphatic heterocycles. The van der Waals surface area contributed by atoms with E-state index in [0.717, 1.165) is 33.1 Å². The van der Waals surface area contributed by atoms with E-state index in [0.29, 0.717) is 0 Å². The van der Waals surface area contributed by atoms with Gasteiger partial charge >= 0.3 is 11.9 Å². The number of ether oxygens (including phenoxy) is 2. The minimum Gasteiger partial charge on any atom is -0.460 e. The lowest BCUT2D eigenvalue weighted by Gasteiger charge is -2.25. The highest BCUT2D eigenvalue weighted by Crippen LogP contribution is 2.21. The van der Waals surface area contributed by atoms with E-state index in [-0.39, 0.29) is 6.10 Å². The third kappa shape index (κ3) is 3.85. The SMILES string of the molecule is CC(C)(F)C(=O)OCC(=O)OC1CCC1. The number of rotatable bonds is 4. The molecule has 1 saturated carbocycles. The molecule has 1 aliphatic carbocycles. The van der Waals surface area contributed by atoms with E-state index in [1.54, 1.807) is 0 Å². The van der Waals surface area contributed by atoms with Gasteiger partial charge in [-0.05, 0) is 33.1 Å². The number of esters is 2. The summed E-state index contributed by atoms with van der Waals surface area (Å²) in [7, 11) is 0. The molecule has 4 nitrogen and oxygen atoms in total. The van der Waals surface area contributed by atoms with Gasteiger partial charge in [-0.25, -0.2) is 14.0 Å². The summed E-state index contributed by atoms with van der Waals surface area (Å²) in [6.07, 6.45) is 2.72. The van der Waals surface area contributed by atoms with Gasteiger partial charge in [0.1, 0.15) is 6.10 Å². The molecular weight excluding hydrogens is 203 g/mol. The van der Waals surface area contributed by atoms with Crippen LogP contribution in [0.25, 0.3) is 0 Å². The topological polar surface area (TPSA) is 52.6 Å². The minimum atomic E-state index is -2.07. The van der Waals surface area contributed by atoms with Crippen molar-refractivity contribution in [2.24, 2.45) is 0 Å². The average Bonchev–Trinajstić information content (AvgIpc) is 2.05. The first kappa shape index (κ1) is 11.9. The normalized spacial score (nSPS) is 16.7. The summed E-state index contributed by atoms with van der Waals surface area (Å²) < 4.78 is 22.3. The Kier molecular flexibility index (Phi) is 3.66. The van der Waals surface area contributed by atoms with E-state index < -0.39 is 24.2 Å². The van der Waals surface area contributed by atoms with Gasteiger partial charge in [0, 0.05) is 0 Å². The fraction of sp³-hybridized carbons (Fsp3) is 0.800. The standard InChI is InChI=1S/C10H15FO4/c1-10(2,11)9(13)14-6-8(12)15-7-4-3-5-7/h7H,3-6H2,1-2H3. The van der Waals surface area contributed by atoms with Crippen molar-refractivity contribution in [3.8, 4) is 0 Å². The van der Waals surface area contributed by atoms with Crippen LogP contribution in [0.3, 0.4) is 0 Å². The van der Waals surface area contributed by atoms with Crippen LogP contribution < -0.4 is 0 Å². The quantitative estimate of drug-likeness (QED) is 0.669. The highest BCUT2D eigenvalue weighted by atomic mass is 19.1. The lowest BCUT2D eigenvalue weighted by atomic mass is 9.96. The predicted molar refractivity (Wildman–Crippen MR) is 49.9 cm³/mol. The molecule has 0 amide bonds. The zero-order valence-corrected chi connectivity index (χ0v) is 8.92. The Morgan fingerprint density at radius 1 is 1.40 bits per heavy atom. The van der Waals surface area contributed by atoms with E-state index in [1.165, 1.54) is 0 Å². The first-order valence-electron chi connectivity index (χ1n) is 4.95. The Bertz CT molecular complexity index is 253. The molecule has 5 heteroatoms. The Hall–Kier alpha value is -1.13. The lowest BCUT2D eigenvalue weighted by molar-refractivity contribution is -0.169. The van der Waals surface area contributed by atoms with Crippen LogP contribution in [0.2, 0.25) is 0 Å². The van der Waals surface area contributed by atoms with Crippen LogP contribution >= 0.6 is 0 Å². The van der Waals surface area contributed by atoms with Crippen LogP contribution in [0.15, 0.2) is 0 Å². The van der Waals surface area contributed by atoms with Crippen molar-refractivity contribution >= 4 is 11.9 Å². The van der Waals surface area contributed by atoms with Crippen molar-refractivity contribution in [2.75, 3.05) is 6.61 Å². The predicted octanol–water partition coefficient (Wildman–Crippen LogP) is 1.37. The smallest absolute Gasteiger partial charge is 0.344 e. The molecule has 0 bridgehead atoms. The highest BCUT2D eigenvalue weighted by molar-refractivity contribution is 5.81. The zero-order valence-electron chi connectivity index (χ0n) is 8.92. The summed E-state index contributed by atoms with van der Waals surface area (Å²) in [6, 6.07) is 0. The van der Waals surface area contributed by atoms with Crippen LogP contribution in [0, 0.1) is 0 Å². The van der Waals surface area contributed by atoms with Gasteiger partial charge in [0.2, 0.25) is 5.67 Å². The van der Waals surface area contributed by atoms with E-state index in [4.69, 9.17) is 4.74 Å². The molecule has 0 aromatic carbocycles. The molecule has 0 unspecified atom stereocenters. The molecule has 1 aliphatic rings. The molecule has 15 heavy (non-hydrogen) atoms. The number of hydrogen-bond acceptors (Lipinski definition) is 4. The molecule has 86 valence electrons. The molecule has 0 N–H and O–H groups in total. The first-order chi connectivity index (χ1) is 6.89. The van der Waals surface area contributed by atoms with Crippen molar-refractivity contribution in [2.45, 2.75) is 44.9 Å². The fourth-order valence-electron chi connectivity index (χ4n) is 1.00. The van der Waals surface area contributed by atoms with Crippen LogP contribution in [-0.4, -0.2) is 30.3 Å². The van der Waals surface area contributed by atoms with E-state index in [9.17, 15) is 14.0 Å². The van der Waals surface area contributed by atoms with Crippen LogP contribution in [0.1, 0.15) is 33.1 Å². The number of hydrogen-bond donors (Lipinski definition) is 0. The number of halogens is 1. The molecule has 0 radical (unpaired) electrons. The minimum absolute atomic E-state index is 0.0467. The summed E-state index contributed by atoms with van der Waals surface area (Å²) in [5, 5.41) is 0. The molecule has 1 fully saturated rings. The molecular formula is C10H15FO4. The van der Waals surface area contributed by atoms with Crippen molar-refractivity contribution in [1.82, 2.24) is 0 Å². The van der Waals surface area contributed by atoms with Gasteiger partial charge in [0.15, 0.2) is 6.61 Å².